The van der Waals surface area contributed by atoms with E-state index in [0.717, 1.165) is 6.26 Å². The number of methoxy groups -OCH3 is 1. The molecule has 1 N–H and O–H groups in total. The van der Waals surface area contributed by atoms with Gasteiger partial charge >= 0.3 is 0 Å². The van der Waals surface area contributed by atoms with Crippen molar-refractivity contribution in [3.05, 3.63) is 23.2 Å². The lowest BCUT2D eigenvalue weighted by molar-refractivity contribution is -0.122. The van der Waals surface area contributed by atoms with Gasteiger partial charge < -0.3 is 10.1 Å². The van der Waals surface area contributed by atoms with Crippen molar-refractivity contribution < 1.29 is 17.9 Å². The van der Waals surface area contributed by atoms with E-state index in [1.165, 1.54) is 11.4 Å². The molecule has 0 saturated heterocycles. The summed E-state index contributed by atoms with van der Waals surface area (Å²) in [6.45, 7) is 6.21. The minimum atomic E-state index is -3.49. The molecule has 1 aromatic carbocycles. The summed E-state index contributed by atoms with van der Waals surface area (Å²) in [5.74, 6) is 0.737. The number of anilines is 1. The average Bonchev–Trinajstić information content (AvgIpc) is 2.50. The number of nitrogens with one attached hydrogen (secondary N) is 1. The van der Waals surface area contributed by atoms with Crippen LogP contribution in [0, 0.1) is 5.92 Å². The van der Waals surface area contributed by atoms with Crippen LogP contribution in [0.4, 0.5) is 5.69 Å². The van der Waals surface area contributed by atoms with Gasteiger partial charge in [0.05, 0.1) is 24.1 Å². The minimum absolute atomic E-state index is 0.0811. The molecule has 1 rings (SSSR count). The van der Waals surface area contributed by atoms with E-state index in [1.54, 1.807) is 18.2 Å². The molecule has 1 atom stereocenters. The zero-order valence-corrected chi connectivity index (χ0v) is 16.9. The Morgan fingerprint density at radius 3 is 2.44 bits per heavy atom. The highest BCUT2D eigenvalue weighted by Crippen LogP contribution is 2.30. The van der Waals surface area contributed by atoms with Crippen molar-refractivity contribution >= 4 is 33.2 Å². The smallest absolute Gasteiger partial charge is 0.232 e. The summed E-state index contributed by atoms with van der Waals surface area (Å²) in [4.78, 5) is 11.9. The highest BCUT2D eigenvalue weighted by Gasteiger charge is 2.19. The third-order valence-corrected chi connectivity index (χ3v) is 5.47. The normalized spacial score (nSPS) is 12.8. The number of amides is 1. The summed E-state index contributed by atoms with van der Waals surface area (Å²) in [7, 11) is -1.99. The number of carbonyl (C=O) groups is 1. The van der Waals surface area contributed by atoms with E-state index in [-0.39, 0.29) is 24.9 Å². The molecule has 0 fully saturated rings. The first kappa shape index (κ1) is 21.6. The maximum absolute atomic E-state index is 12.1. The van der Waals surface area contributed by atoms with Crippen molar-refractivity contribution in [1.82, 2.24) is 5.32 Å². The van der Waals surface area contributed by atoms with Crippen LogP contribution in [-0.4, -0.2) is 40.3 Å². The number of hydrogen-bond donors (Lipinski definition) is 1. The summed E-state index contributed by atoms with van der Waals surface area (Å²) in [6, 6.07) is 4.88. The lowest BCUT2D eigenvalue weighted by Crippen LogP contribution is -2.37. The molecule has 0 bridgehead atoms. The van der Waals surface area contributed by atoms with Crippen molar-refractivity contribution in [3.63, 3.8) is 0 Å². The first-order chi connectivity index (χ1) is 11.6. The highest BCUT2D eigenvalue weighted by atomic mass is 35.5. The zero-order chi connectivity index (χ0) is 19.2. The van der Waals surface area contributed by atoms with Crippen LogP contribution >= 0.6 is 11.6 Å². The molecule has 0 aliphatic heterocycles. The zero-order valence-electron chi connectivity index (χ0n) is 15.4. The Kier molecular flexibility index (Phi) is 8.02. The minimum Gasteiger partial charge on any atom is -0.495 e. The molecule has 0 heterocycles. The Morgan fingerprint density at radius 2 is 1.96 bits per heavy atom. The van der Waals surface area contributed by atoms with Gasteiger partial charge in [-0.3, -0.25) is 9.10 Å². The van der Waals surface area contributed by atoms with Crippen molar-refractivity contribution in [1.29, 1.82) is 0 Å². The van der Waals surface area contributed by atoms with Gasteiger partial charge in [0.1, 0.15) is 5.75 Å². The molecule has 25 heavy (non-hydrogen) atoms. The summed E-state index contributed by atoms with van der Waals surface area (Å²) < 4.78 is 30.5. The summed E-state index contributed by atoms with van der Waals surface area (Å²) in [5, 5.41) is 3.24. The van der Waals surface area contributed by atoms with Crippen LogP contribution in [0.15, 0.2) is 18.2 Å². The van der Waals surface area contributed by atoms with Crippen LogP contribution in [-0.2, 0) is 14.8 Å². The van der Waals surface area contributed by atoms with Gasteiger partial charge in [-0.05, 0) is 37.5 Å². The number of hydrogen-bond acceptors (Lipinski definition) is 4. The summed E-state index contributed by atoms with van der Waals surface area (Å²) in [5.41, 5.74) is 0.448. The van der Waals surface area contributed by atoms with Crippen molar-refractivity contribution in [2.45, 2.75) is 39.7 Å². The summed E-state index contributed by atoms with van der Waals surface area (Å²) >= 11 is 6.08. The Hall–Kier alpha value is -1.47. The first-order valence-electron chi connectivity index (χ1n) is 8.17. The molecule has 0 radical (unpaired) electrons. The predicted octanol–water partition coefficient (Wildman–Crippen LogP) is 3.06. The van der Waals surface area contributed by atoms with Crippen LogP contribution in [0.2, 0.25) is 5.02 Å². The molecular weight excluding hydrogens is 364 g/mol. The largest absolute Gasteiger partial charge is 0.495 e. The predicted molar refractivity (Wildman–Crippen MR) is 102 cm³/mol. The van der Waals surface area contributed by atoms with Gasteiger partial charge in [-0.15, -0.1) is 0 Å². The molecule has 1 amide bonds. The number of carbonyl (C=O) groups excluding carboxylic acids is 1. The van der Waals surface area contributed by atoms with Gasteiger partial charge in [-0.2, -0.15) is 0 Å². The van der Waals surface area contributed by atoms with Crippen LogP contribution in [0.3, 0.4) is 0 Å². The Balaban J connectivity index is 2.76. The summed E-state index contributed by atoms with van der Waals surface area (Å²) in [6.07, 6.45) is 1.80. The number of benzene rings is 1. The van der Waals surface area contributed by atoms with Crippen LogP contribution in [0.5, 0.6) is 5.75 Å². The molecule has 8 heteroatoms. The Morgan fingerprint density at radius 1 is 1.32 bits per heavy atom. The van der Waals surface area contributed by atoms with Crippen molar-refractivity contribution in [3.8, 4) is 5.75 Å². The number of sulfonamides is 1. The molecule has 1 aromatic rings. The van der Waals surface area contributed by atoms with Gasteiger partial charge in [-0.1, -0.05) is 25.4 Å². The third-order valence-electron chi connectivity index (χ3n) is 3.98. The number of nitrogens with zero attached hydrogens (tertiary/aromatic N) is 1. The van der Waals surface area contributed by atoms with E-state index in [0.29, 0.717) is 28.8 Å². The maximum Gasteiger partial charge on any atom is 0.232 e. The fraction of sp³-hybridized carbons (Fsp3) is 0.588. The van der Waals surface area contributed by atoms with Crippen molar-refractivity contribution in [2.24, 2.45) is 5.92 Å². The van der Waals surface area contributed by atoms with Crippen molar-refractivity contribution in [2.75, 3.05) is 24.2 Å². The van der Waals surface area contributed by atoms with E-state index in [4.69, 9.17) is 16.3 Å². The van der Waals surface area contributed by atoms with Gasteiger partial charge in [0.2, 0.25) is 15.9 Å². The van der Waals surface area contributed by atoms with E-state index in [2.05, 4.69) is 5.32 Å². The SMILES string of the molecule is COc1ccc(N(CCCC(=O)NC(C)C(C)C)S(C)(=O)=O)cc1Cl. The molecule has 0 aromatic heterocycles. The first-order valence-corrected chi connectivity index (χ1v) is 10.4. The Bertz CT molecular complexity index is 692. The topological polar surface area (TPSA) is 75.7 Å². The third kappa shape index (κ3) is 6.74. The molecule has 0 aliphatic carbocycles. The maximum atomic E-state index is 12.1. The van der Waals surface area contributed by atoms with Gasteiger partial charge in [0.25, 0.3) is 0 Å². The molecule has 1 unspecified atom stereocenters. The molecule has 0 aliphatic rings. The van der Waals surface area contributed by atoms with Gasteiger partial charge in [-0.25, -0.2) is 8.42 Å². The second-order valence-electron chi connectivity index (χ2n) is 6.36. The second kappa shape index (κ2) is 9.29. The molecule has 142 valence electrons. The van der Waals surface area contributed by atoms with E-state index >= 15 is 0 Å². The fourth-order valence-corrected chi connectivity index (χ4v) is 3.38. The number of rotatable bonds is 9. The second-order valence-corrected chi connectivity index (χ2v) is 8.67. The van der Waals surface area contributed by atoms with E-state index in [9.17, 15) is 13.2 Å². The lowest BCUT2D eigenvalue weighted by Gasteiger charge is -2.23. The van der Waals surface area contributed by atoms with Gasteiger partial charge in [0, 0.05) is 19.0 Å². The average molecular weight is 391 g/mol. The van der Waals surface area contributed by atoms with Gasteiger partial charge in [0.15, 0.2) is 0 Å². The van der Waals surface area contributed by atoms with E-state index in [1.807, 2.05) is 20.8 Å². The van der Waals surface area contributed by atoms with Crippen LogP contribution in [0.25, 0.3) is 0 Å². The number of ether oxygens (including phenoxy) is 1. The molecule has 6 nitrogen and oxygen atoms in total. The highest BCUT2D eigenvalue weighted by molar-refractivity contribution is 7.92. The quantitative estimate of drug-likeness (QED) is 0.703. The van der Waals surface area contributed by atoms with E-state index < -0.39 is 10.0 Å². The van der Waals surface area contributed by atoms with Crippen LogP contribution in [0.1, 0.15) is 33.6 Å². The molecular formula is C17H27ClN2O4S. The molecule has 0 saturated carbocycles. The molecule has 0 spiro atoms. The fourth-order valence-electron chi connectivity index (χ4n) is 2.17. The Labute approximate surface area is 155 Å². The standard InChI is InChI=1S/C17H27ClN2O4S/c1-12(2)13(3)19-17(21)7-6-10-20(25(5,22)23)14-8-9-16(24-4)15(18)11-14/h8-9,11-13H,6-7,10H2,1-5H3,(H,19,21). The number of halogens is 1. The monoisotopic (exact) mass is 390 g/mol. The van der Waals surface area contributed by atoms with Crippen LogP contribution < -0.4 is 14.4 Å². The lowest BCUT2D eigenvalue weighted by atomic mass is 10.1.